The molecule has 0 spiro atoms. The topological polar surface area (TPSA) is 78.9 Å². The van der Waals surface area contributed by atoms with E-state index in [0.29, 0.717) is 12.3 Å². The Labute approximate surface area is 112 Å². The molecular weight excluding hydrogens is 248 g/mol. The number of ether oxygens (including phenoxy) is 1. The molecule has 0 saturated carbocycles. The van der Waals surface area contributed by atoms with Gasteiger partial charge in [-0.3, -0.25) is 0 Å². The summed E-state index contributed by atoms with van der Waals surface area (Å²) in [6.45, 7) is 2.29. The van der Waals surface area contributed by atoms with Crippen LogP contribution in [-0.2, 0) is 4.74 Å². The number of likely N-dealkylation sites (N-methyl/N-ethyl adjacent to an activating group) is 1. The molecule has 6 heteroatoms. The standard InChI is InChI=1S/C13H18N2O4/c1-9(8-19-3)15(2)13(18)14-11-6-4-5-10(7-11)12(16)17/h4-7,9H,8H2,1-3H3,(H,14,18)(H,16,17). The second-order valence-electron chi connectivity index (χ2n) is 4.23. The van der Waals surface area contributed by atoms with Crippen molar-refractivity contribution in [2.24, 2.45) is 0 Å². The summed E-state index contributed by atoms with van der Waals surface area (Å²) in [5.41, 5.74) is 0.576. The van der Waals surface area contributed by atoms with E-state index in [2.05, 4.69) is 5.32 Å². The average Bonchev–Trinajstić information content (AvgIpc) is 2.38. The van der Waals surface area contributed by atoms with Gasteiger partial charge < -0.3 is 20.1 Å². The smallest absolute Gasteiger partial charge is 0.335 e. The first-order chi connectivity index (χ1) is 8.95. The molecule has 0 bridgehead atoms. The SMILES string of the molecule is COCC(C)N(C)C(=O)Nc1cccc(C(=O)O)c1. The van der Waals surface area contributed by atoms with E-state index in [1.165, 1.54) is 17.0 Å². The van der Waals surface area contributed by atoms with E-state index in [0.717, 1.165) is 0 Å². The lowest BCUT2D eigenvalue weighted by Gasteiger charge is -2.24. The van der Waals surface area contributed by atoms with Crippen LogP contribution in [-0.4, -0.2) is 48.8 Å². The molecule has 1 unspecified atom stereocenters. The molecule has 0 aromatic heterocycles. The zero-order valence-corrected chi connectivity index (χ0v) is 11.2. The fourth-order valence-corrected chi connectivity index (χ4v) is 1.49. The molecule has 0 aliphatic carbocycles. The summed E-state index contributed by atoms with van der Waals surface area (Å²) in [7, 11) is 3.22. The molecule has 2 amide bonds. The number of carboxylic acid groups (broad SMARTS) is 1. The van der Waals surface area contributed by atoms with Gasteiger partial charge in [0, 0.05) is 19.8 Å². The molecule has 104 valence electrons. The molecule has 19 heavy (non-hydrogen) atoms. The number of amides is 2. The van der Waals surface area contributed by atoms with Gasteiger partial charge in [-0.1, -0.05) is 6.07 Å². The normalized spacial score (nSPS) is 11.7. The Morgan fingerprint density at radius 2 is 2.16 bits per heavy atom. The quantitative estimate of drug-likeness (QED) is 0.853. The summed E-state index contributed by atoms with van der Waals surface area (Å²) >= 11 is 0. The van der Waals surface area contributed by atoms with Crippen molar-refractivity contribution in [3.8, 4) is 0 Å². The first-order valence-electron chi connectivity index (χ1n) is 5.81. The molecule has 1 atom stereocenters. The first-order valence-corrected chi connectivity index (χ1v) is 5.81. The minimum atomic E-state index is -1.03. The third kappa shape index (κ3) is 4.26. The Hall–Kier alpha value is -2.08. The van der Waals surface area contributed by atoms with Crippen LogP contribution in [0.4, 0.5) is 10.5 Å². The van der Waals surface area contributed by atoms with E-state index in [1.807, 2.05) is 6.92 Å². The van der Waals surface area contributed by atoms with Gasteiger partial charge in [-0.15, -0.1) is 0 Å². The Morgan fingerprint density at radius 1 is 1.47 bits per heavy atom. The highest BCUT2D eigenvalue weighted by Crippen LogP contribution is 2.12. The number of carboxylic acids is 1. The molecule has 1 rings (SSSR count). The summed E-state index contributed by atoms with van der Waals surface area (Å²) in [5.74, 6) is -1.03. The van der Waals surface area contributed by atoms with Crippen molar-refractivity contribution in [2.75, 3.05) is 26.1 Å². The number of carbonyl (C=O) groups is 2. The van der Waals surface area contributed by atoms with Crippen molar-refractivity contribution < 1.29 is 19.4 Å². The predicted molar refractivity (Wildman–Crippen MR) is 71.5 cm³/mol. The molecule has 0 fully saturated rings. The summed E-state index contributed by atoms with van der Waals surface area (Å²) in [5, 5.41) is 11.5. The van der Waals surface area contributed by atoms with Gasteiger partial charge in [0.2, 0.25) is 0 Å². The summed E-state index contributed by atoms with van der Waals surface area (Å²) in [4.78, 5) is 24.2. The van der Waals surface area contributed by atoms with Crippen LogP contribution in [0.15, 0.2) is 24.3 Å². The average molecular weight is 266 g/mol. The molecule has 0 aliphatic heterocycles. The van der Waals surface area contributed by atoms with Crippen molar-refractivity contribution in [1.82, 2.24) is 4.90 Å². The van der Waals surface area contributed by atoms with Crippen molar-refractivity contribution in [3.63, 3.8) is 0 Å². The number of hydrogen-bond donors (Lipinski definition) is 2. The number of rotatable bonds is 5. The number of hydrogen-bond acceptors (Lipinski definition) is 3. The highest BCUT2D eigenvalue weighted by atomic mass is 16.5. The molecule has 1 aromatic carbocycles. The number of aromatic carboxylic acids is 1. The van der Waals surface area contributed by atoms with Crippen LogP contribution in [0, 0.1) is 0 Å². The zero-order valence-electron chi connectivity index (χ0n) is 11.2. The van der Waals surface area contributed by atoms with Crippen molar-refractivity contribution in [1.29, 1.82) is 0 Å². The molecule has 1 aromatic rings. The zero-order chi connectivity index (χ0) is 14.4. The van der Waals surface area contributed by atoms with Crippen molar-refractivity contribution >= 4 is 17.7 Å². The van der Waals surface area contributed by atoms with E-state index in [1.54, 1.807) is 26.3 Å². The van der Waals surface area contributed by atoms with Crippen molar-refractivity contribution in [3.05, 3.63) is 29.8 Å². The maximum Gasteiger partial charge on any atom is 0.335 e. The van der Waals surface area contributed by atoms with Gasteiger partial charge >= 0.3 is 12.0 Å². The van der Waals surface area contributed by atoms with Gasteiger partial charge in [0.05, 0.1) is 18.2 Å². The molecule has 0 radical (unpaired) electrons. The van der Waals surface area contributed by atoms with Crippen LogP contribution in [0.5, 0.6) is 0 Å². The van der Waals surface area contributed by atoms with Crippen LogP contribution < -0.4 is 5.32 Å². The van der Waals surface area contributed by atoms with Gasteiger partial charge in [-0.25, -0.2) is 9.59 Å². The van der Waals surface area contributed by atoms with Crippen LogP contribution in [0.2, 0.25) is 0 Å². The van der Waals surface area contributed by atoms with E-state index >= 15 is 0 Å². The van der Waals surface area contributed by atoms with Gasteiger partial charge in [0.25, 0.3) is 0 Å². The lowest BCUT2D eigenvalue weighted by Crippen LogP contribution is -2.40. The third-order valence-electron chi connectivity index (χ3n) is 2.75. The van der Waals surface area contributed by atoms with E-state index in [4.69, 9.17) is 9.84 Å². The summed E-state index contributed by atoms with van der Waals surface area (Å²) < 4.78 is 4.98. The molecule has 0 saturated heterocycles. The Kier molecular flexibility index (Phi) is 5.32. The summed E-state index contributed by atoms with van der Waals surface area (Å²) in [6.07, 6.45) is 0. The maximum atomic E-state index is 11.9. The third-order valence-corrected chi connectivity index (χ3v) is 2.75. The Morgan fingerprint density at radius 3 is 2.74 bits per heavy atom. The first kappa shape index (κ1) is 15.0. The van der Waals surface area contributed by atoms with Gasteiger partial charge in [0.15, 0.2) is 0 Å². The number of methoxy groups -OCH3 is 1. The molecular formula is C13H18N2O4. The van der Waals surface area contributed by atoms with E-state index in [9.17, 15) is 9.59 Å². The monoisotopic (exact) mass is 266 g/mol. The number of nitrogens with one attached hydrogen (secondary N) is 1. The second-order valence-corrected chi connectivity index (χ2v) is 4.23. The highest BCUT2D eigenvalue weighted by molar-refractivity contribution is 5.93. The van der Waals surface area contributed by atoms with Crippen LogP contribution in [0.3, 0.4) is 0 Å². The maximum absolute atomic E-state index is 11.9. The molecule has 0 aliphatic rings. The summed E-state index contributed by atoms with van der Waals surface area (Å²) in [6, 6.07) is 5.71. The predicted octanol–water partition coefficient (Wildman–Crippen LogP) is 1.88. The highest BCUT2D eigenvalue weighted by Gasteiger charge is 2.15. The molecule has 2 N–H and O–H groups in total. The largest absolute Gasteiger partial charge is 0.478 e. The van der Waals surface area contributed by atoms with Crippen LogP contribution in [0.1, 0.15) is 17.3 Å². The minimum Gasteiger partial charge on any atom is -0.478 e. The van der Waals surface area contributed by atoms with Gasteiger partial charge in [0.1, 0.15) is 0 Å². The number of urea groups is 1. The number of benzene rings is 1. The van der Waals surface area contributed by atoms with Crippen LogP contribution >= 0.6 is 0 Å². The molecule has 0 heterocycles. The fourth-order valence-electron chi connectivity index (χ4n) is 1.49. The fraction of sp³-hybridized carbons (Fsp3) is 0.385. The Balaban J connectivity index is 2.71. The lowest BCUT2D eigenvalue weighted by atomic mass is 10.2. The van der Waals surface area contributed by atoms with E-state index in [-0.39, 0.29) is 17.6 Å². The lowest BCUT2D eigenvalue weighted by molar-refractivity contribution is 0.0697. The second kappa shape index (κ2) is 6.75. The van der Waals surface area contributed by atoms with Crippen molar-refractivity contribution in [2.45, 2.75) is 13.0 Å². The number of anilines is 1. The Bertz CT molecular complexity index is 462. The van der Waals surface area contributed by atoms with Crippen LogP contribution in [0.25, 0.3) is 0 Å². The number of nitrogens with zero attached hydrogens (tertiary/aromatic N) is 1. The number of carbonyl (C=O) groups excluding carboxylic acids is 1. The minimum absolute atomic E-state index is 0.0762. The van der Waals surface area contributed by atoms with Gasteiger partial charge in [-0.05, 0) is 25.1 Å². The van der Waals surface area contributed by atoms with Gasteiger partial charge in [-0.2, -0.15) is 0 Å². The van der Waals surface area contributed by atoms with E-state index < -0.39 is 5.97 Å². The molecule has 6 nitrogen and oxygen atoms in total.